The fraction of sp³-hybridized carbons (Fsp3) is 0.381. The van der Waals surface area contributed by atoms with Gasteiger partial charge in [0.25, 0.3) is 0 Å². The molecule has 140 valence electrons. The van der Waals surface area contributed by atoms with E-state index >= 15 is 0 Å². The number of anilines is 1. The summed E-state index contributed by atoms with van der Waals surface area (Å²) >= 11 is 0. The van der Waals surface area contributed by atoms with Crippen molar-refractivity contribution in [1.82, 2.24) is 15.0 Å². The molecule has 6 heteroatoms. The summed E-state index contributed by atoms with van der Waals surface area (Å²) in [6, 6.07) is 8.09. The summed E-state index contributed by atoms with van der Waals surface area (Å²) < 4.78 is 11.4. The van der Waals surface area contributed by atoms with Crippen LogP contribution >= 0.6 is 0 Å². The van der Waals surface area contributed by atoms with Crippen LogP contribution in [-0.4, -0.2) is 40.8 Å². The lowest BCUT2D eigenvalue weighted by Gasteiger charge is -2.12. The predicted molar refractivity (Wildman–Crippen MR) is 106 cm³/mol. The molecule has 0 bridgehead atoms. The second kappa shape index (κ2) is 7.88. The van der Waals surface area contributed by atoms with Gasteiger partial charge in [-0.05, 0) is 44.4 Å². The van der Waals surface area contributed by atoms with Gasteiger partial charge in [0.05, 0.1) is 18.4 Å². The molecule has 1 unspecified atom stereocenters. The van der Waals surface area contributed by atoms with Gasteiger partial charge < -0.3 is 14.8 Å². The number of aromatic nitrogens is 3. The number of nitrogens with zero attached hydrogens (tertiary/aromatic N) is 3. The van der Waals surface area contributed by atoms with E-state index in [1.54, 1.807) is 0 Å². The highest BCUT2D eigenvalue weighted by atomic mass is 16.5. The van der Waals surface area contributed by atoms with Gasteiger partial charge in [-0.25, -0.2) is 15.0 Å². The molecule has 6 nitrogen and oxygen atoms in total. The molecule has 1 fully saturated rings. The van der Waals surface area contributed by atoms with Gasteiger partial charge in [0, 0.05) is 36.5 Å². The first-order valence-electron chi connectivity index (χ1n) is 9.45. The molecule has 1 N–H and O–H groups in total. The zero-order valence-corrected chi connectivity index (χ0v) is 15.7. The zero-order chi connectivity index (χ0) is 18.6. The first-order chi connectivity index (χ1) is 13.2. The second-order valence-electron chi connectivity index (χ2n) is 6.72. The van der Waals surface area contributed by atoms with Crippen LogP contribution in [0.1, 0.15) is 25.3 Å². The highest BCUT2D eigenvalue weighted by Crippen LogP contribution is 2.30. The van der Waals surface area contributed by atoms with Crippen LogP contribution in [0.4, 0.5) is 5.95 Å². The standard InChI is InChI=1S/C21H24N4O2/c1-3-26-19-8-4-7-17-14(2)10-18(25-20(17)19)15-11-22-21(23-12-15)24-13-16-6-5-9-27-16/h4,7-8,10-12,16H,3,5-6,9,13H2,1-2H3,(H,22,23,24). The van der Waals surface area contributed by atoms with Crippen LogP contribution < -0.4 is 10.1 Å². The van der Waals surface area contributed by atoms with Crippen molar-refractivity contribution in [2.45, 2.75) is 32.8 Å². The summed E-state index contributed by atoms with van der Waals surface area (Å²) in [7, 11) is 0. The Bertz CT molecular complexity index is 921. The minimum absolute atomic E-state index is 0.259. The molecule has 3 heterocycles. The summed E-state index contributed by atoms with van der Waals surface area (Å²) in [5.74, 6) is 1.41. The third kappa shape index (κ3) is 3.85. The van der Waals surface area contributed by atoms with E-state index in [4.69, 9.17) is 14.5 Å². The van der Waals surface area contributed by atoms with Crippen LogP contribution in [0.15, 0.2) is 36.7 Å². The van der Waals surface area contributed by atoms with Crippen molar-refractivity contribution in [3.05, 3.63) is 42.2 Å². The smallest absolute Gasteiger partial charge is 0.222 e. The Morgan fingerprint density at radius 3 is 2.85 bits per heavy atom. The van der Waals surface area contributed by atoms with Crippen LogP contribution in [0, 0.1) is 6.92 Å². The van der Waals surface area contributed by atoms with Crippen molar-refractivity contribution >= 4 is 16.9 Å². The Kier molecular flexibility index (Phi) is 5.16. The van der Waals surface area contributed by atoms with E-state index < -0.39 is 0 Å². The van der Waals surface area contributed by atoms with Gasteiger partial charge in [0.1, 0.15) is 11.3 Å². The van der Waals surface area contributed by atoms with Gasteiger partial charge in [-0.3, -0.25) is 0 Å². The summed E-state index contributed by atoms with van der Waals surface area (Å²) in [5.41, 5.74) is 3.75. The molecule has 1 aliphatic heterocycles. The van der Waals surface area contributed by atoms with E-state index in [2.05, 4.69) is 34.3 Å². The van der Waals surface area contributed by atoms with Crippen molar-refractivity contribution in [2.24, 2.45) is 0 Å². The van der Waals surface area contributed by atoms with Gasteiger partial charge in [-0.1, -0.05) is 12.1 Å². The van der Waals surface area contributed by atoms with Crippen molar-refractivity contribution in [1.29, 1.82) is 0 Å². The lowest BCUT2D eigenvalue weighted by Crippen LogP contribution is -2.19. The highest BCUT2D eigenvalue weighted by molar-refractivity contribution is 5.89. The van der Waals surface area contributed by atoms with Crippen molar-refractivity contribution in [3.63, 3.8) is 0 Å². The van der Waals surface area contributed by atoms with Gasteiger partial charge in [0.2, 0.25) is 5.95 Å². The molecular weight excluding hydrogens is 340 g/mol. The Hall–Kier alpha value is -2.73. The van der Waals surface area contributed by atoms with Gasteiger partial charge >= 0.3 is 0 Å². The SMILES string of the molecule is CCOc1cccc2c(C)cc(-c3cnc(NCC4CCCO4)nc3)nc12. The van der Waals surface area contributed by atoms with Crippen molar-refractivity contribution in [2.75, 3.05) is 25.1 Å². The average molecular weight is 364 g/mol. The number of hydrogen-bond acceptors (Lipinski definition) is 6. The highest BCUT2D eigenvalue weighted by Gasteiger charge is 2.15. The maximum atomic E-state index is 5.75. The number of aryl methyl sites for hydroxylation is 1. The zero-order valence-electron chi connectivity index (χ0n) is 15.7. The summed E-state index contributed by atoms with van der Waals surface area (Å²) in [4.78, 5) is 13.7. The van der Waals surface area contributed by atoms with Crippen LogP contribution in [0.25, 0.3) is 22.2 Å². The molecular formula is C21H24N4O2. The molecule has 2 aromatic heterocycles. The number of nitrogens with one attached hydrogen (secondary N) is 1. The van der Waals surface area contributed by atoms with Crippen molar-refractivity contribution < 1.29 is 9.47 Å². The van der Waals surface area contributed by atoms with E-state index in [1.165, 1.54) is 0 Å². The Labute approximate surface area is 159 Å². The molecule has 27 heavy (non-hydrogen) atoms. The van der Waals surface area contributed by atoms with E-state index in [-0.39, 0.29) is 6.10 Å². The van der Waals surface area contributed by atoms with Crippen LogP contribution in [0.5, 0.6) is 5.75 Å². The average Bonchev–Trinajstić information content (AvgIpc) is 3.21. The number of fused-ring (bicyclic) bond motifs is 1. The molecule has 4 rings (SSSR count). The maximum Gasteiger partial charge on any atom is 0.222 e. The largest absolute Gasteiger partial charge is 0.492 e. The molecule has 0 amide bonds. The third-order valence-electron chi connectivity index (χ3n) is 4.77. The lowest BCUT2D eigenvalue weighted by atomic mass is 10.1. The minimum atomic E-state index is 0.259. The summed E-state index contributed by atoms with van der Waals surface area (Å²) in [6.07, 6.45) is 6.09. The number of pyridine rings is 1. The van der Waals surface area contributed by atoms with Crippen LogP contribution in [0.2, 0.25) is 0 Å². The molecule has 0 saturated carbocycles. The molecule has 0 spiro atoms. The predicted octanol–water partition coefficient (Wildman–Crippen LogP) is 3.99. The molecule has 1 saturated heterocycles. The fourth-order valence-electron chi connectivity index (χ4n) is 3.37. The number of benzene rings is 1. The normalized spacial score (nSPS) is 16.6. The molecule has 3 aromatic rings. The third-order valence-corrected chi connectivity index (χ3v) is 4.77. The molecule has 0 aliphatic carbocycles. The van der Waals surface area contributed by atoms with Crippen molar-refractivity contribution in [3.8, 4) is 17.0 Å². The van der Waals surface area contributed by atoms with E-state index in [1.807, 2.05) is 31.5 Å². The van der Waals surface area contributed by atoms with Gasteiger partial charge in [-0.2, -0.15) is 0 Å². The Balaban J connectivity index is 1.58. The van der Waals surface area contributed by atoms with Gasteiger partial charge in [0.15, 0.2) is 0 Å². The van der Waals surface area contributed by atoms with Crippen LogP contribution in [0.3, 0.4) is 0 Å². The van der Waals surface area contributed by atoms with Gasteiger partial charge in [-0.15, -0.1) is 0 Å². The second-order valence-corrected chi connectivity index (χ2v) is 6.72. The van der Waals surface area contributed by atoms with Crippen LogP contribution in [-0.2, 0) is 4.74 Å². The Morgan fingerprint density at radius 1 is 1.26 bits per heavy atom. The monoisotopic (exact) mass is 364 g/mol. The molecule has 1 atom stereocenters. The maximum absolute atomic E-state index is 5.75. The number of hydrogen-bond donors (Lipinski definition) is 1. The molecule has 0 radical (unpaired) electrons. The van der Waals surface area contributed by atoms with E-state index in [0.29, 0.717) is 12.6 Å². The minimum Gasteiger partial charge on any atom is -0.492 e. The first kappa shape index (κ1) is 17.7. The van der Waals surface area contributed by atoms with E-state index in [9.17, 15) is 0 Å². The quantitative estimate of drug-likeness (QED) is 0.713. The van der Waals surface area contributed by atoms with E-state index in [0.717, 1.165) is 59.5 Å². The molecule has 1 aromatic carbocycles. The number of ether oxygens (including phenoxy) is 2. The fourth-order valence-corrected chi connectivity index (χ4v) is 3.37. The number of rotatable bonds is 6. The first-order valence-corrected chi connectivity index (χ1v) is 9.45. The molecule has 1 aliphatic rings. The topological polar surface area (TPSA) is 69.2 Å². The summed E-state index contributed by atoms with van der Waals surface area (Å²) in [6.45, 7) is 6.26. The number of para-hydroxylation sites is 1. The lowest BCUT2D eigenvalue weighted by molar-refractivity contribution is 0.120. The summed E-state index contributed by atoms with van der Waals surface area (Å²) in [5, 5.41) is 4.34. The Morgan fingerprint density at radius 2 is 2.11 bits per heavy atom.